The van der Waals surface area contributed by atoms with Crippen molar-refractivity contribution in [2.75, 3.05) is 13.1 Å². The molecule has 0 unspecified atom stereocenters. The topological polar surface area (TPSA) is 46.3 Å². The smallest absolute Gasteiger partial charge is 0.239 e. The minimum Gasteiger partial charge on any atom is -0.341 e. The Labute approximate surface area is 92.0 Å². The van der Waals surface area contributed by atoms with Gasteiger partial charge in [0.1, 0.15) is 0 Å². The van der Waals surface area contributed by atoms with Crippen molar-refractivity contribution in [2.24, 2.45) is 28.9 Å². The second-order valence-corrected chi connectivity index (χ2v) is 6.05. The molecule has 3 nitrogen and oxygen atoms in total. The number of nitrogens with two attached hydrogens (primary N) is 1. The van der Waals surface area contributed by atoms with Gasteiger partial charge in [0, 0.05) is 13.1 Å². The van der Waals surface area contributed by atoms with Gasteiger partial charge in [0.2, 0.25) is 5.91 Å². The highest BCUT2D eigenvalue weighted by molar-refractivity contribution is 5.82. The highest BCUT2D eigenvalue weighted by atomic mass is 16.2. The molecule has 1 saturated heterocycles. The van der Waals surface area contributed by atoms with E-state index in [1.807, 2.05) is 18.7 Å². The average Bonchev–Trinajstić information content (AvgIpc) is 2.55. The van der Waals surface area contributed by atoms with E-state index in [9.17, 15) is 4.79 Å². The van der Waals surface area contributed by atoms with Gasteiger partial charge in [0.25, 0.3) is 0 Å². The molecule has 3 atom stereocenters. The fourth-order valence-electron chi connectivity index (χ4n) is 2.81. The van der Waals surface area contributed by atoms with Crippen molar-refractivity contribution in [1.82, 2.24) is 4.90 Å². The molecule has 0 aromatic carbocycles. The monoisotopic (exact) mass is 210 g/mol. The van der Waals surface area contributed by atoms with Crippen LogP contribution in [0.15, 0.2) is 0 Å². The molecule has 0 radical (unpaired) electrons. The molecule has 2 rings (SSSR count). The number of piperidine rings is 1. The maximum atomic E-state index is 12.0. The van der Waals surface area contributed by atoms with Crippen LogP contribution in [0.5, 0.6) is 0 Å². The number of hydrogen-bond acceptors (Lipinski definition) is 2. The maximum Gasteiger partial charge on any atom is 0.239 e. The molecule has 2 N–H and O–H groups in total. The largest absolute Gasteiger partial charge is 0.341 e. The molecule has 0 bridgehead atoms. The third kappa shape index (κ3) is 1.57. The number of nitrogens with zero attached hydrogens (tertiary/aromatic N) is 1. The van der Waals surface area contributed by atoms with Gasteiger partial charge in [-0.2, -0.15) is 0 Å². The Morgan fingerprint density at radius 3 is 2.20 bits per heavy atom. The second-order valence-electron chi connectivity index (χ2n) is 6.05. The van der Waals surface area contributed by atoms with E-state index >= 15 is 0 Å². The van der Waals surface area contributed by atoms with Gasteiger partial charge < -0.3 is 10.6 Å². The number of rotatable bonds is 2. The fraction of sp³-hybridized carbons (Fsp3) is 0.917. The lowest BCUT2D eigenvalue weighted by Gasteiger charge is -2.26. The molecule has 86 valence electrons. The summed E-state index contributed by atoms with van der Waals surface area (Å²) in [6.45, 7) is 10.5. The predicted molar refractivity (Wildman–Crippen MR) is 60.2 cm³/mol. The minimum absolute atomic E-state index is 0.146. The summed E-state index contributed by atoms with van der Waals surface area (Å²) >= 11 is 0. The van der Waals surface area contributed by atoms with Crippen LogP contribution >= 0.6 is 0 Å². The lowest BCUT2D eigenvalue weighted by molar-refractivity contribution is -0.133. The van der Waals surface area contributed by atoms with Gasteiger partial charge in [-0.05, 0) is 23.2 Å². The number of carbonyl (C=O) groups excluding carboxylic acids is 1. The molecule has 1 aliphatic heterocycles. The van der Waals surface area contributed by atoms with E-state index in [0.717, 1.165) is 24.9 Å². The van der Waals surface area contributed by atoms with Crippen molar-refractivity contribution >= 4 is 5.91 Å². The molecule has 3 heteroatoms. The van der Waals surface area contributed by atoms with Gasteiger partial charge in [-0.1, -0.05) is 27.7 Å². The standard InChI is InChI=1S/C12H22N2O/c1-7(2)10(13)11(15)14-5-8-9(6-14)12(8,3)4/h7-10H,5-6,13H2,1-4H3/t8-,9+,10-/m0/s1. The molecule has 1 aliphatic carbocycles. The van der Waals surface area contributed by atoms with Crippen LogP contribution in [0, 0.1) is 23.2 Å². The van der Waals surface area contributed by atoms with Crippen LogP contribution in [0.25, 0.3) is 0 Å². The van der Waals surface area contributed by atoms with Crippen LogP contribution in [0.3, 0.4) is 0 Å². The van der Waals surface area contributed by atoms with Crippen molar-refractivity contribution < 1.29 is 4.79 Å². The van der Waals surface area contributed by atoms with E-state index in [2.05, 4.69) is 13.8 Å². The zero-order chi connectivity index (χ0) is 11.4. The SMILES string of the molecule is CC(C)[C@H](N)C(=O)N1C[C@@H]2[C@H](C1)C2(C)C. The normalized spacial score (nSPS) is 34.1. The van der Waals surface area contributed by atoms with Gasteiger partial charge in [-0.25, -0.2) is 0 Å². The average molecular weight is 210 g/mol. The van der Waals surface area contributed by atoms with E-state index < -0.39 is 0 Å². The van der Waals surface area contributed by atoms with Gasteiger partial charge in [-0.3, -0.25) is 4.79 Å². The summed E-state index contributed by atoms with van der Waals surface area (Å²) in [5.74, 6) is 1.83. The predicted octanol–water partition coefficient (Wildman–Crippen LogP) is 1.08. The summed E-state index contributed by atoms with van der Waals surface area (Å²) in [4.78, 5) is 13.9. The molecule has 1 amide bonds. The number of carbonyl (C=O) groups is 1. The molecule has 0 aromatic rings. The summed E-state index contributed by atoms with van der Waals surface area (Å²) in [5, 5.41) is 0. The van der Waals surface area contributed by atoms with Crippen molar-refractivity contribution in [3.63, 3.8) is 0 Å². The lowest BCUT2D eigenvalue weighted by Crippen LogP contribution is -2.46. The first-order valence-corrected chi connectivity index (χ1v) is 5.90. The molecule has 0 spiro atoms. The van der Waals surface area contributed by atoms with Gasteiger partial charge >= 0.3 is 0 Å². The molecular formula is C12H22N2O. The Morgan fingerprint density at radius 1 is 1.33 bits per heavy atom. The molecule has 0 aromatic heterocycles. The number of hydrogen-bond donors (Lipinski definition) is 1. The van der Waals surface area contributed by atoms with Crippen LogP contribution in [0.4, 0.5) is 0 Å². The third-order valence-electron chi connectivity index (χ3n) is 4.44. The zero-order valence-corrected chi connectivity index (χ0v) is 10.2. The minimum atomic E-state index is -0.314. The summed E-state index contributed by atoms with van der Waals surface area (Å²) in [7, 11) is 0. The lowest BCUT2D eigenvalue weighted by atomic mass is 10.0. The quantitative estimate of drug-likeness (QED) is 0.741. The van der Waals surface area contributed by atoms with E-state index in [0.29, 0.717) is 5.41 Å². The summed E-state index contributed by atoms with van der Waals surface area (Å²) in [6.07, 6.45) is 0. The van der Waals surface area contributed by atoms with Crippen molar-refractivity contribution in [1.29, 1.82) is 0 Å². The van der Waals surface area contributed by atoms with E-state index in [-0.39, 0.29) is 17.9 Å². The van der Waals surface area contributed by atoms with Gasteiger partial charge in [-0.15, -0.1) is 0 Å². The first-order chi connectivity index (χ1) is 6.85. The Morgan fingerprint density at radius 2 is 1.80 bits per heavy atom. The van der Waals surface area contributed by atoms with Crippen LogP contribution in [-0.4, -0.2) is 29.9 Å². The molecule has 1 heterocycles. The molecule has 2 fully saturated rings. The molecule has 15 heavy (non-hydrogen) atoms. The first kappa shape index (κ1) is 10.9. The third-order valence-corrected chi connectivity index (χ3v) is 4.44. The van der Waals surface area contributed by atoms with Crippen LogP contribution in [0.2, 0.25) is 0 Å². The summed E-state index contributed by atoms with van der Waals surface area (Å²) in [5.41, 5.74) is 6.35. The molecule has 1 saturated carbocycles. The van der Waals surface area contributed by atoms with E-state index in [1.165, 1.54) is 0 Å². The fourth-order valence-corrected chi connectivity index (χ4v) is 2.81. The zero-order valence-electron chi connectivity index (χ0n) is 10.2. The number of fused-ring (bicyclic) bond motifs is 1. The van der Waals surface area contributed by atoms with Crippen molar-refractivity contribution in [3.05, 3.63) is 0 Å². The van der Waals surface area contributed by atoms with E-state index in [4.69, 9.17) is 5.73 Å². The van der Waals surface area contributed by atoms with Crippen LogP contribution < -0.4 is 5.73 Å². The van der Waals surface area contributed by atoms with Crippen LogP contribution in [-0.2, 0) is 4.79 Å². The second kappa shape index (κ2) is 3.21. The highest BCUT2D eigenvalue weighted by Crippen LogP contribution is 2.61. The molecular weight excluding hydrogens is 188 g/mol. The Balaban J connectivity index is 1.92. The molecule has 2 aliphatic rings. The summed E-state index contributed by atoms with van der Waals surface area (Å²) in [6, 6.07) is -0.314. The van der Waals surface area contributed by atoms with Crippen molar-refractivity contribution in [3.8, 4) is 0 Å². The summed E-state index contributed by atoms with van der Waals surface area (Å²) < 4.78 is 0. The Kier molecular flexibility index (Phi) is 2.34. The number of likely N-dealkylation sites (tertiary alicyclic amines) is 1. The Bertz CT molecular complexity index is 271. The van der Waals surface area contributed by atoms with Gasteiger partial charge in [0.15, 0.2) is 0 Å². The van der Waals surface area contributed by atoms with Gasteiger partial charge in [0.05, 0.1) is 6.04 Å². The number of amides is 1. The maximum absolute atomic E-state index is 12.0. The van der Waals surface area contributed by atoms with Crippen LogP contribution in [0.1, 0.15) is 27.7 Å². The first-order valence-electron chi connectivity index (χ1n) is 5.90. The Hall–Kier alpha value is -0.570. The van der Waals surface area contributed by atoms with E-state index in [1.54, 1.807) is 0 Å². The highest BCUT2D eigenvalue weighted by Gasteiger charge is 2.62. The van der Waals surface area contributed by atoms with Crippen molar-refractivity contribution in [2.45, 2.75) is 33.7 Å².